The van der Waals surface area contributed by atoms with E-state index in [2.05, 4.69) is 43.5 Å². The first kappa shape index (κ1) is 77.1. The third-order valence-electron chi connectivity index (χ3n) is 16.7. The fourth-order valence-corrected chi connectivity index (χ4v) is 11.2. The van der Waals surface area contributed by atoms with E-state index in [0.717, 1.165) is 44.9 Å². The van der Waals surface area contributed by atoms with E-state index in [0.29, 0.717) is 19.4 Å². The van der Waals surface area contributed by atoms with Crippen molar-refractivity contribution in [3.05, 3.63) is 36.5 Å². The quantitative estimate of drug-likeness (QED) is 0.0320. The van der Waals surface area contributed by atoms with E-state index in [4.69, 9.17) is 4.74 Å². The molecule has 0 saturated carbocycles. The predicted octanol–water partition coefficient (Wildman–Crippen LogP) is 23.1. The number of carbonyl (C=O) groups excluding carboxylic acids is 2. The maximum absolute atomic E-state index is 12.4. The fraction of sp³-hybridized carbons (Fsp3) is 0.890. The molecule has 1 amide bonds. The molecule has 0 aromatic carbocycles. The predicted molar refractivity (Wildman–Crippen MR) is 347 cm³/mol. The van der Waals surface area contributed by atoms with Crippen LogP contribution in [0.15, 0.2) is 36.5 Å². The minimum Gasteiger partial charge on any atom is -0.466 e. The number of aliphatic hydroxyl groups is 2. The van der Waals surface area contributed by atoms with E-state index >= 15 is 0 Å². The molecule has 3 N–H and O–H groups in total. The van der Waals surface area contributed by atoms with E-state index < -0.39 is 12.1 Å². The molecule has 0 aromatic heterocycles. The van der Waals surface area contributed by atoms with Crippen molar-refractivity contribution in [3.63, 3.8) is 0 Å². The summed E-state index contributed by atoms with van der Waals surface area (Å²) in [5, 5.41) is 23.0. The summed E-state index contributed by atoms with van der Waals surface area (Å²) < 4.78 is 5.50. The molecule has 6 nitrogen and oxygen atoms in total. The third kappa shape index (κ3) is 65.1. The number of unbranched alkanes of at least 4 members (excludes halogenated alkanes) is 52. The highest BCUT2D eigenvalue weighted by molar-refractivity contribution is 5.76. The smallest absolute Gasteiger partial charge is 0.305 e. The highest BCUT2D eigenvalue weighted by Gasteiger charge is 2.18. The van der Waals surface area contributed by atoms with E-state index in [1.807, 2.05) is 6.08 Å². The first-order chi connectivity index (χ1) is 39.0. The van der Waals surface area contributed by atoms with Crippen molar-refractivity contribution in [1.82, 2.24) is 5.32 Å². The van der Waals surface area contributed by atoms with Gasteiger partial charge in [0.15, 0.2) is 0 Å². The Kier molecular flexibility index (Phi) is 66.9. The molecule has 0 heterocycles. The Hall–Kier alpha value is -1.92. The lowest BCUT2D eigenvalue weighted by molar-refractivity contribution is -0.143. The molecular weight excluding hydrogens is 971 g/mol. The molecule has 6 heteroatoms. The van der Waals surface area contributed by atoms with Gasteiger partial charge >= 0.3 is 5.97 Å². The lowest BCUT2D eigenvalue weighted by Crippen LogP contribution is -2.45. The van der Waals surface area contributed by atoms with Gasteiger partial charge in [0.05, 0.1) is 25.4 Å². The highest BCUT2D eigenvalue weighted by Crippen LogP contribution is 2.18. The second-order valence-electron chi connectivity index (χ2n) is 24.6. The van der Waals surface area contributed by atoms with Crippen LogP contribution in [-0.2, 0) is 14.3 Å². The molecule has 466 valence electrons. The molecule has 0 aliphatic rings. The molecule has 0 saturated heterocycles. The maximum atomic E-state index is 12.4. The fourth-order valence-electron chi connectivity index (χ4n) is 11.2. The minimum atomic E-state index is -0.840. The van der Waals surface area contributed by atoms with Gasteiger partial charge in [-0.15, -0.1) is 0 Å². The number of aliphatic hydroxyl groups excluding tert-OH is 2. The number of ether oxygens (including phenoxy) is 1. The molecule has 0 aliphatic heterocycles. The van der Waals surface area contributed by atoms with Gasteiger partial charge in [0.2, 0.25) is 5.91 Å². The summed E-state index contributed by atoms with van der Waals surface area (Å²) in [6, 6.07) is -0.624. The number of hydrogen-bond acceptors (Lipinski definition) is 5. The van der Waals surface area contributed by atoms with Crippen LogP contribution in [0.1, 0.15) is 393 Å². The molecule has 0 rings (SSSR count). The Bertz CT molecular complexity index is 1280. The number of carbonyl (C=O) groups is 2. The summed E-state index contributed by atoms with van der Waals surface area (Å²) >= 11 is 0. The Morgan fingerprint density at radius 2 is 0.633 bits per heavy atom. The van der Waals surface area contributed by atoms with Crippen molar-refractivity contribution >= 4 is 11.9 Å². The number of hydrogen-bond donors (Lipinski definition) is 3. The first-order valence-electron chi connectivity index (χ1n) is 35.8. The van der Waals surface area contributed by atoms with Gasteiger partial charge in [-0.3, -0.25) is 9.59 Å². The summed E-state index contributed by atoms with van der Waals surface area (Å²) in [5.41, 5.74) is 0. The van der Waals surface area contributed by atoms with Crippen LogP contribution in [0.2, 0.25) is 0 Å². The molecule has 2 unspecified atom stereocenters. The van der Waals surface area contributed by atoms with Crippen molar-refractivity contribution in [2.24, 2.45) is 0 Å². The van der Waals surface area contributed by atoms with Crippen molar-refractivity contribution in [1.29, 1.82) is 0 Å². The Morgan fingerprint density at radius 3 is 0.962 bits per heavy atom. The van der Waals surface area contributed by atoms with Crippen molar-refractivity contribution in [3.8, 4) is 0 Å². The van der Waals surface area contributed by atoms with E-state index in [-0.39, 0.29) is 18.5 Å². The summed E-state index contributed by atoms with van der Waals surface area (Å²) in [4.78, 5) is 24.5. The first-order valence-corrected chi connectivity index (χ1v) is 35.8. The van der Waals surface area contributed by atoms with E-state index in [9.17, 15) is 19.8 Å². The van der Waals surface area contributed by atoms with Crippen LogP contribution in [0, 0.1) is 0 Å². The van der Waals surface area contributed by atoms with Crippen molar-refractivity contribution < 1.29 is 24.5 Å². The topological polar surface area (TPSA) is 95.9 Å². The Morgan fingerprint density at radius 1 is 0.354 bits per heavy atom. The highest BCUT2D eigenvalue weighted by atomic mass is 16.5. The van der Waals surface area contributed by atoms with E-state index in [1.54, 1.807) is 6.08 Å². The lowest BCUT2D eigenvalue weighted by atomic mass is 10.0. The zero-order chi connectivity index (χ0) is 57.1. The number of esters is 1. The Balaban J connectivity index is 3.34. The van der Waals surface area contributed by atoms with Gasteiger partial charge in [-0.1, -0.05) is 352 Å². The molecule has 0 fully saturated rings. The number of rotatable bonds is 67. The van der Waals surface area contributed by atoms with Crippen molar-refractivity contribution in [2.75, 3.05) is 13.2 Å². The zero-order valence-corrected chi connectivity index (χ0v) is 53.4. The van der Waals surface area contributed by atoms with Gasteiger partial charge in [-0.05, 0) is 64.2 Å². The van der Waals surface area contributed by atoms with Crippen LogP contribution in [0.4, 0.5) is 0 Å². The second-order valence-corrected chi connectivity index (χ2v) is 24.6. The molecule has 2 atom stereocenters. The standard InChI is InChI=1S/C73H139NO5/c1-3-5-7-9-11-13-15-16-40-44-47-51-55-59-63-67-73(78)79-68-64-60-56-52-48-45-42-39-37-35-33-31-29-27-25-23-21-19-17-18-20-22-24-26-28-30-32-34-36-38-41-43-46-50-54-58-62-66-72(77)74-70(69-75)71(76)65-61-57-53-49-14-12-10-8-6-4-2/h17,19,23,25,61,65,70-71,75-76H,3-16,18,20-22,24,26-60,62-64,66-69H2,1-2H3,(H,74,77)/b19-17-,25-23-,65-61+. The van der Waals surface area contributed by atoms with Gasteiger partial charge in [0, 0.05) is 12.8 Å². The normalized spacial score (nSPS) is 12.7. The molecule has 79 heavy (non-hydrogen) atoms. The molecule has 0 spiro atoms. The molecule has 0 aliphatic carbocycles. The van der Waals surface area contributed by atoms with Crippen LogP contribution >= 0.6 is 0 Å². The minimum absolute atomic E-state index is 0.0218. The van der Waals surface area contributed by atoms with Crippen LogP contribution in [0.5, 0.6) is 0 Å². The van der Waals surface area contributed by atoms with Gasteiger partial charge < -0.3 is 20.3 Å². The van der Waals surface area contributed by atoms with E-state index in [1.165, 1.54) is 321 Å². The van der Waals surface area contributed by atoms with Crippen LogP contribution in [-0.4, -0.2) is 47.4 Å². The summed E-state index contributed by atoms with van der Waals surface area (Å²) in [6.07, 6.45) is 88.2. The summed E-state index contributed by atoms with van der Waals surface area (Å²) in [7, 11) is 0. The number of allylic oxidation sites excluding steroid dienone is 5. The largest absolute Gasteiger partial charge is 0.466 e. The van der Waals surface area contributed by atoms with Crippen LogP contribution in [0.25, 0.3) is 0 Å². The zero-order valence-electron chi connectivity index (χ0n) is 53.4. The van der Waals surface area contributed by atoms with Crippen LogP contribution in [0.3, 0.4) is 0 Å². The van der Waals surface area contributed by atoms with Gasteiger partial charge in [-0.25, -0.2) is 0 Å². The molecule has 0 aromatic rings. The summed E-state index contributed by atoms with van der Waals surface area (Å²) in [6.45, 7) is 4.91. The Labute approximate surface area is 494 Å². The van der Waals surface area contributed by atoms with Gasteiger partial charge in [-0.2, -0.15) is 0 Å². The molecule has 0 bridgehead atoms. The summed E-state index contributed by atoms with van der Waals surface area (Å²) in [5.74, 6) is -0.0441. The third-order valence-corrected chi connectivity index (χ3v) is 16.7. The second kappa shape index (κ2) is 68.6. The monoisotopic (exact) mass is 1110 g/mol. The average molecular weight is 1110 g/mol. The molecule has 0 radical (unpaired) electrons. The lowest BCUT2D eigenvalue weighted by Gasteiger charge is -2.20. The SMILES string of the molecule is CCCCCCCCCC/C=C/C(O)C(CO)NC(=O)CCCCCCCCCCCCCCCCCCC/C=C\C/C=C\CCCCCCCCCCCCCCCOC(=O)CCCCCCCCCCCCCCCCC. The van der Waals surface area contributed by atoms with Gasteiger partial charge in [0.1, 0.15) is 0 Å². The van der Waals surface area contributed by atoms with Crippen LogP contribution < -0.4 is 5.32 Å². The number of nitrogens with one attached hydrogen (secondary N) is 1. The van der Waals surface area contributed by atoms with Gasteiger partial charge in [0.25, 0.3) is 0 Å². The van der Waals surface area contributed by atoms with Crippen molar-refractivity contribution in [2.45, 2.75) is 405 Å². The number of amides is 1. The average Bonchev–Trinajstić information content (AvgIpc) is 3.45. The maximum Gasteiger partial charge on any atom is 0.305 e. The molecular formula is C73H139NO5.